The summed E-state index contributed by atoms with van der Waals surface area (Å²) < 4.78 is 12.7. The predicted octanol–water partition coefficient (Wildman–Crippen LogP) is 2.19. The summed E-state index contributed by atoms with van der Waals surface area (Å²) in [6.45, 7) is 1.54. The third kappa shape index (κ3) is 1.17. The molecule has 2 aliphatic carbocycles. The minimum atomic E-state index is -0.355. The smallest absolute Gasteiger partial charge is 0.115 e. The number of benzene rings is 1. The molecule has 1 aromatic carbocycles. The molecular weight excluding hydrogens is 215 g/mol. The van der Waals surface area contributed by atoms with Crippen molar-refractivity contribution in [2.75, 3.05) is 13.1 Å². The van der Waals surface area contributed by atoms with Gasteiger partial charge in [0.05, 0.1) is 6.54 Å². The number of hydrogen-bond donors (Lipinski definition) is 1. The topological polar surface area (TPSA) is 24.4 Å². The monoisotopic (exact) mass is 230 g/mol. The van der Waals surface area contributed by atoms with Crippen molar-refractivity contribution in [3.8, 4) is 0 Å². The van der Waals surface area contributed by atoms with Crippen molar-refractivity contribution >= 4 is 5.84 Å². The summed E-state index contributed by atoms with van der Waals surface area (Å²) in [6, 6.07) is 6.08. The van der Waals surface area contributed by atoms with Gasteiger partial charge in [-0.2, -0.15) is 0 Å². The molecule has 88 valence electrons. The SMILES string of the molecule is FCc1ccc2c(c1)C1CC1(C1=NCCN1)C2. The van der Waals surface area contributed by atoms with E-state index in [1.54, 1.807) is 0 Å². The Morgan fingerprint density at radius 2 is 2.41 bits per heavy atom. The molecule has 0 spiro atoms. The number of alkyl halides is 1. The van der Waals surface area contributed by atoms with Crippen molar-refractivity contribution in [2.45, 2.75) is 25.4 Å². The lowest BCUT2D eigenvalue weighted by atomic mass is 9.99. The first-order valence-electron chi connectivity index (χ1n) is 6.30. The van der Waals surface area contributed by atoms with Crippen LogP contribution in [0.5, 0.6) is 0 Å². The minimum absolute atomic E-state index is 0.258. The maximum atomic E-state index is 12.7. The third-order valence-corrected chi connectivity index (χ3v) is 4.47. The zero-order valence-electron chi connectivity index (χ0n) is 9.67. The standard InChI is InChI=1S/C14H15FN2/c15-8-9-1-2-10-6-14(13-16-3-4-17-13)7-12(14)11(10)5-9/h1-2,5,12H,3-4,6-8H2,(H,16,17). The van der Waals surface area contributed by atoms with Gasteiger partial charge >= 0.3 is 0 Å². The van der Waals surface area contributed by atoms with Crippen molar-refractivity contribution in [1.82, 2.24) is 5.32 Å². The van der Waals surface area contributed by atoms with E-state index < -0.39 is 0 Å². The van der Waals surface area contributed by atoms with Gasteiger partial charge in [0.25, 0.3) is 0 Å². The zero-order valence-corrected chi connectivity index (χ0v) is 9.67. The summed E-state index contributed by atoms with van der Waals surface area (Å²) in [7, 11) is 0. The van der Waals surface area contributed by atoms with E-state index in [1.807, 2.05) is 6.07 Å². The highest BCUT2D eigenvalue weighted by Gasteiger charge is 2.63. The van der Waals surface area contributed by atoms with Crippen LogP contribution in [-0.4, -0.2) is 18.9 Å². The molecule has 1 fully saturated rings. The summed E-state index contributed by atoms with van der Waals surface area (Å²) >= 11 is 0. The molecule has 0 radical (unpaired) electrons. The average Bonchev–Trinajstić information content (AvgIpc) is 2.80. The fourth-order valence-corrected chi connectivity index (χ4v) is 3.54. The van der Waals surface area contributed by atoms with Crippen molar-refractivity contribution < 1.29 is 4.39 Å². The molecule has 0 aromatic heterocycles. The number of amidine groups is 1. The number of nitrogens with zero attached hydrogens (tertiary/aromatic N) is 1. The Bertz CT molecular complexity index is 523. The zero-order chi connectivity index (χ0) is 11.5. The van der Waals surface area contributed by atoms with Crippen LogP contribution in [0.25, 0.3) is 0 Å². The van der Waals surface area contributed by atoms with E-state index in [9.17, 15) is 4.39 Å². The average molecular weight is 230 g/mol. The Morgan fingerprint density at radius 3 is 3.18 bits per heavy atom. The van der Waals surface area contributed by atoms with E-state index >= 15 is 0 Å². The van der Waals surface area contributed by atoms with Crippen molar-refractivity contribution in [3.63, 3.8) is 0 Å². The maximum Gasteiger partial charge on any atom is 0.115 e. The summed E-state index contributed by atoms with van der Waals surface area (Å²) in [4.78, 5) is 4.59. The molecule has 1 aliphatic heterocycles. The molecule has 2 atom stereocenters. The number of rotatable bonds is 2. The summed E-state index contributed by atoms with van der Waals surface area (Å²) in [5, 5.41) is 3.42. The molecule has 2 unspecified atom stereocenters. The van der Waals surface area contributed by atoms with Crippen LogP contribution in [0.15, 0.2) is 23.2 Å². The second-order valence-electron chi connectivity index (χ2n) is 5.41. The fraction of sp³-hybridized carbons (Fsp3) is 0.500. The molecule has 4 rings (SSSR count). The summed E-state index contributed by atoms with van der Waals surface area (Å²) in [5.41, 5.74) is 3.84. The highest BCUT2D eigenvalue weighted by atomic mass is 19.1. The first kappa shape index (κ1) is 9.63. The van der Waals surface area contributed by atoms with Gasteiger partial charge in [0.2, 0.25) is 0 Å². The number of halogens is 1. The van der Waals surface area contributed by atoms with Gasteiger partial charge in [0.15, 0.2) is 0 Å². The molecule has 1 heterocycles. The van der Waals surface area contributed by atoms with Crippen molar-refractivity contribution in [1.29, 1.82) is 0 Å². The van der Waals surface area contributed by atoms with E-state index in [0.29, 0.717) is 5.92 Å². The van der Waals surface area contributed by atoms with Crippen LogP contribution in [0.1, 0.15) is 29.0 Å². The Hall–Kier alpha value is -1.38. The van der Waals surface area contributed by atoms with Crippen LogP contribution < -0.4 is 5.32 Å². The van der Waals surface area contributed by atoms with E-state index in [0.717, 1.165) is 25.1 Å². The molecule has 3 aliphatic rings. The summed E-state index contributed by atoms with van der Waals surface area (Å²) in [5.74, 6) is 1.80. The highest BCUT2D eigenvalue weighted by Crippen LogP contribution is 2.67. The molecule has 1 N–H and O–H groups in total. The summed E-state index contributed by atoms with van der Waals surface area (Å²) in [6.07, 6.45) is 2.28. The van der Waals surface area contributed by atoms with Crippen LogP contribution in [0.2, 0.25) is 0 Å². The van der Waals surface area contributed by atoms with E-state index in [-0.39, 0.29) is 12.1 Å². The molecule has 1 saturated carbocycles. The van der Waals surface area contributed by atoms with Gasteiger partial charge in [-0.05, 0) is 35.4 Å². The van der Waals surface area contributed by atoms with Gasteiger partial charge in [-0.15, -0.1) is 0 Å². The van der Waals surface area contributed by atoms with E-state index in [1.165, 1.54) is 23.4 Å². The van der Waals surface area contributed by atoms with Crippen molar-refractivity contribution in [3.05, 3.63) is 34.9 Å². The molecule has 1 aromatic rings. The van der Waals surface area contributed by atoms with E-state index in [2.05, 4.69) is 22.4 Å². The number of fused-ring (bicyclic) bond motifs is 3. The lowest BCUT2D eigenvalue weighted by Crippen LogP contribution is -2.29. The molecule has 17 heavy (non-hydrogen) atoms. The first-order chi connectivity index (χ1) is 8.33. The van der Waals surface area contributed by atoms with Gasteiger partial charge < -0.3 is 5.32 Å². The number of nitrogens with one attached hydrogen (secondary N) is 1. The Labute approximate surface area is 99.9 Å². The largest absolute Gasteiger partial charge is 0.371 e. The van der Waals surface area contributed by atoms with E-state index in [4.69, 9.17) is 0 Å². The van der Waals surface area contributed by atoms with Crippen molar-refractivity contribution in [2.24, 2.45) is 10.4 Å². The minimum Gasteiger partial charge on any atom is -0.371 e. The highest BCUT2D eigenvalue weighted by molar-refractivity contribution is 5.95. The Morgan fingerprint density at radius 1 is 1.47 bits per heavy atom. The second kappa shape index (κ2) is 3.09. The van der Waals surface area contributed by atoms with Crippen LogP contribution in [0.4, 0.5) is 4.39 Å². The Kier molecular flexibility index (Phi) is 1.75. The normalized spacial score (nSPS) is 32.8. The second-order valence-corrected chi connectivity index (χ2v) is 5.41. The molecular formula is C14H15FN2. The fourth-order valence-electron chi connectivity index (χ4n) is 3.54. The number of hydrogen-bond acceptors (Lipinski definition) is 2. The number of aliphatic imine (C=N–C) groups is 1. The first-order valence-corrected chi connectivity index (χ1v) is 6.30. The molecule has 2 nitrogen and oxygen atoms in total. The molecule has 0 amide bonds. The molecule has 0 saturated heterocycles. The van der Waals surface area contributed by atoms with Gasteiger partial charge in [-0.1, -0.05) is 18.2 Å². The molecule has 0 bridgehead atoms. The van der Waals surface area contributed by atoms with Gasteiger partial charge in [-0.3, -0.25) is 4.99 Å². The maximum absolute atomic E-state index is 12.7. The van der Waals surface area contributed by atoms with Gasteiger partial charge in [0, 0.05) is 12.0 Å². The van der Waals surface area contributed by atoms with Gasteiger partial charge in [-0.25, -0.2) is 4.39 Å². The van der Waals surface area contributed by atoms with Crippen LogP contribution in [0, 0.1) is 5.41 Å². The third-order valence-electron chi connectivity index (χ3n) is 4.47. The Balaban J connectivity index is 1.72. The lowest BCUT2D eigenvalue weighted by molar-refractivity contribution is 0.485. The van der Waals surface area contributed by atoms with Crippen LogP contribution in [0.3, 0.4) is 0 Å². The molecule has 3 heteroatoms. The predicted molar refractivity (Wildman–Crippen MR) is 65.1 cm³/mol. The lowest BCUT2D eigenvalue weighted by Gasteiger charge is -2.12. The van der Waals surface area contributed by atoms with Crippen LogP contribution >= 0.6 is 0 Å². The quantitative estimate of drug-likeness (QED) is 0.827. The van der Waals surface area contributed by atoms with Gasteiger partial charge in [0.1, 0.15) is 12.5 Å². The van der Waals surface area contributed by atoms with Crippen LogP contribution in [-0.2, 0) is 13.1 Å².